The highest BCUT2D eigenvalue weighted by atomic mass is 32.1. The Morgan fingerprint density at radius 2 is 0.944 bits per heavy atom. The molecule has 15 heteroatoms. The van der Waals surface area contributed by atoms with Crippen molar-refractivity contribution in [2.75, 3.05) is 0 Å². The van der Waals surface area contributed by atoms with E-state index in [1.54, 1.807) is 11.3 Å². The molecule has 0 fully saturated rings. The fourth-order valence-corrected chi connectivity index (χ4v) is 8.29. The van der Waals surface area contributed by atoms with Gasteiger partial charge >= 0.3 is 0 Å². The van der Waals surface area contributed by atoms with Crippen LogP contribution in [-0.2, 0) is 0 Å². The molecule has 0 saturated carbocycles. The number of aromatic nitrogens is 3. The van der Waals surface area contributed by atoms with Crippen molar-refractivity contribution >= 4 is 187 Å². The van der Waals surface area contributed by atoms with Crippen molar-refractivity contribution in [1.29, 1.82) is 0 Å². The lowest BCUT2D eigenvalue weighted by molar-refractivity contribution is 0.669. The van der Waals surface area contributed by atoms with Gasteiger partial charge in [0.15, 0.2) is 17.5 Å². The molecule has 0 bridgehead atoms. The van der Waals surface area contributed by atoms with Crippen LogP contribution in [0.1, 0.15) is 0 Å². The van der Waals surface area contributed by atoms with Crippen molar-refractivity contribution in [1.82, 2.24) is 15.0 Å². The topological polar surface area (TPSA) is 51.8 Å². The lowest BCUT2D eigenvalue weighted by Crippen LogP contribution is -2.55. The molecule has 0 aliphatic carbocycles. The highest BCUT2D eigenvalue weighted by molar-refractivity contribution is 7.26. The standard InChI is InChI=1S/C39H13B10N3OS/c40-26-24(27(41)31(45)34(48)30(26)44)38-50-37(51-39(52-38)25-28(42)32(46)35(49)33(47)29(25)43)19-8-4-9-20-23(19)18-12-11-14(13-21(18)53-20)15-6-3-7-17-16-5-1-2-10-22(16)54-36(15)17/h1-13H. The molecule has 226 valence electrons. The lowest BCUT2D eigenvalue weighted by Gasteiger charge is -2.22. The maximum atomic E-state index is 6.50. The summed E-state index contributed by atoms with van der Waals surface area (Å²) in [6.07, 6.45) is 0. The van der Waals surface area contributed by atoms with Gasteiger partial charge in [0.2, 0.25) is 0 Å². The smallest absolute Gasteiger partial charge is 0.164 e. The largest absolute Gasteiger partial charge is 0.456 e. The number of furan rings is 1. The van der Waals surface area contributed by atoms with Crippen molar-refractivity contribution in [2.24, 2.45) is 0 Å². The van der Waals surface area contributed by atoms with E-state index in [4.69, 9.17) is 97.8 Å². The van der Waals surface area contributed by atoms with E-state index >= 15 is 0 Å². The summed E-state index contributed by atoms with van der Waals surface area (Å²) in [5.74, 6) is 0.224. The molecule has 20 radical (unpaired) electrons. The summed E-state index contributed by atoms with van der Waals surface area (Å²) < 4.78 is 8.93. The minimum atomic E-state index is 0.0136. The Morgan fingerprint density at radius 3 is 1.57 bits per heavy atom. The van der Waals surface area contributed by atoms with Gasteiger partial charge in [-0.2, -0.15) is 0 Å². The molecule has 0 saturated heterocycles. The van der Waals surface area contributed by atoms with Crippen molar-refractivity contribution in [3.05, 3.63) is 78.9 Å². The first kappa shape index (κ1) is 34.7. The number of fused-ring (bicyclic) bond motifs is 6. The molecule has 0 N–H and O–H groups in total. The van der Waals surface area contributed by atoms with E-state index in [1.165, 1.54) is 20.2 Å². The zero-order valence-corrected chi connectivity index (χ0v) is 29.3. The van der Waals surface area contributed by atoms with Gasteiger partial charge in [0, 0.05) is 47.6 Å². The second kappa shape index (κ2) is 12.8. The van der Waals surface area contributed by atoms with E-state index in [1.807, 2.05) is 30.3 Å². The van der Waals surface area contributed by atoms with Crippen LogP contribution in [-0.4, -0.2) is 93.4 Å². The van der Waals surface area contributed by atoms with Gasteiger partial charge in [-0.05, 0) is 35.4 Å². The van der Waals surface area contributed by atoms with Crippen molar-refractivity contribution < 1.29 is 4.42 Å². The molecule has 54 heavy (non-hydrogen) atoms. The van der Waals surface area contributed by atoms with E-state index in [2.05, 4.69) is 48.5 Å². The molecule has 9 rings (SSSR count). The van der Waals surface area contributed by atoms with Crippen LogP contribution < -0.4 is 54.6 Å². The molecule has 4 nitrogen and oxygen atoms in total. The summed E-state index contributed by atoms with van der Waals surface area (Å²) >= 11 is 1.77. The summed E-state index contributed by atoms with van der Waals surface area (Å²) in [7, 11) is 63.3. The monoisotopic (exact) mass is 681 g/mol. The summed E-state index contributed by atoms with van der Waals surface area (Å²) in [5, 5.41) is 4.01. The summed E-state index contributed by atoms with van der Waals surface area (Å²) in [4.78, 5) is 14.4. The highest BCUT2D eigenvalue weighted by Crippen LogP contribution is 2.42. The normalized spacial score (nSPS) is 11.7. The molecular formula is C39H13B10N3OS. The zero-order chi connectivity index (χ0) is 37.7. The maximum absolute atomic E-state index is 6.50. The van der Waals surface area contributed by atoms with E-state index in [9.17, 15) is 0 Å². The van der Waals surface area contributed by atoms with Gasteiger partial charge in [0.05, 0.1) is 0 Å². The van der Waals surface area contributed by atoms with Crippen molar-refractivity contribution in [3.63, 3.8) is 0 Å². The molecule has 0 atom stereocenters. The number of hydrogen-bond donors (Lipinski definition) is 0. The predicted octanol–water partition coefficient (Wildman–Crippen LogP) is -1.26. The van der Waals surface area contributed by atoms with Crippen molar-refractivity contribution in [3.8, 4) is 45.3 Å². The fraction of sp³-hybridized carbons (Fsp3) is 0. The molecule has 6 aromatic carbocycles. The van der Waals surface area contributed by atoms with Gasteiger partial charge < -0.3 is 4.42 Å². The predicted molar refractivity (Wildman–Crippen MR) is 236 cm³/mol. The molecule has 0 unspecified atom stereocenters. The Hall–Kier alpha value is -5.00. The molecule has 9 aromatic rings. The van der Waals surface area contributed by atoms with Gasteiger partial charge in [-0.15, -0.1) is 44.1 Å². The highest BCUT2D eigenvalue weighted by Gasteiger charge is 2.23. The number of rotatable bonds is 4. The molecular weight excluding hydrogens is 667 g/mol. The average molecular weight is 680 g/mol. The van der Waals surface area contributed by atoms with E-state index in [0.29, 0.717) is 16.7 Å². The first-order valence-electron chi connectivity index (χ1n) is 16.6. The molecule has 3 heterocycles. The Kier molecular flexibility index (Phi) is 8.24. The molecule has 0 aliphatic heterocycles. The third-order valence-corrected chi connectivity index (χ3v) is 11.2. The number of hydrogen-bond acceptors (Lipinski definition) is 5. The van der Waals surface area contributed by atoms with Crippen LogP contribution in [0.3, 0.4) is 0 Å². The van der Waals surface area contributed by atoms with Crippen LogP contribution in [0.5, 0.6) is 0 Å². The van der Waals surface area contributed by atoms with Crippen LogP contribution in [0, 0.1) is 0 Å². The number of thiophene rings is 1. The van der Waals surface area contributed by atoms with E-state index in [0.717, 1.165) is 21.9 Å². The van der Waals surface area contributed by atoms with E-state index in [-0.39, 0.29) is 83.2 Å². The van der Waals surface area contributed by atoms with Crippen LogP contribution in [0.15, 0.2) is 83.3 Å². The second-order valence-electron chi connectivity index (χ2n) is 13.0. The van der Waals surface area contributed by atoms with Gasteiger partial charge in [0.25, 0.3) is 0 Å². The van der Waals surface area contributed by atoms with E-state index < -0.39 is 0 Å². The Balaban J connectivity index is 1.30. The number of nitrogens with zero attached hydrogens (tertiary/aromatic N) is 3. The summed E-state index contributed by atoms with van der Waals surface area (Å²) in [6.45, 7) is 0. The average Bonchev–Trinajstić information content (AvgIpc) is 3.76. The molecule has 0 amide bonds. The molecule has 3 aromatic heterocycles. The quantitative estimate of drug-likeness (QED) is 0.219. The Labute approximate surface area is 328 Å². The lowest BCUT2D eigenvalue weighted by atomic mass is 9.60. The third kappa shape index (κ3) is 5.15. The first-order chi connectivity index (χ1) is 25.9. The van der Waals surface area contributed by atoms with Crippen molar-refractivity contribution in [2.45, 2.75) is 0 Å². The van der Waals surface area contributed by atoms with Gasteiger partial charge in [-0.1, -0.05) is 76.4 Å². The minimum absolute atomic E-state index is 0.0136. The molecule has 0 aliphatic rings. The SMILES string of the molecule is [B]c1c([B])c([B])c(-c2nc(-c3c([B])c([B])c([B])c([B])c3[B])nc(-c3cccc4oc5cc(-c6cccc7c6sc6ccccc67)ccc5c34)n2)c([B])c1[B]. The zero-order valence-electron chi connectivity index (χ0n) is 28.4. The second-order valence-corrected chi connectivity index (χ2v) is 14.0. The maximum Gasteiger partial charge on any atom is 0.164 e. The van der Waals surface area contributed by atoms with Gasteiger partial charge in [-0.25, -0.2) is 15.0 Å². The number of benzene rings is 6. The van der Waals surface area contributed by atoms with Crippen LogP contribution in [0.2, 0.25) is 0 Å². The van der Waals surface area contributed by atoms with Crippen LogP contribution >= 0.6 is 11.3 Å². The summed E-state index contributed by atoms with van der Waals surface area (Å²) in [6, 6.07) is 26.5. The Bertz CT molecular complexity index is 2940. The Morgan fingerprint density at radius 1 is 0.426 bits per heavy atom. The molecule has 0 spiro atoms. The minimum Gasteiger partial charge on any atom is -0.456 e. The fourth-order valence-electron chi connectivity index (χ4n) is 7.06. The third-order valence-electron chi connectivity index (χ3n) is 9.93. The van der Waals surface area contributed by atoms with Crippen LogP contribution in [0.4, 0.5) is 0 Å². The first-order valence-corrected chi connectivity index (χ1v) is 17.4. The summed E-state index contributed by atoms with van der Waals surface area (Å²) in [5.41, 5.74) is 4.50. The van der Waals surface area contributed by atoms with Gasteiger partial charge in [0.1, 0.15) is 89.6 Å². The van der Waals surface area contributed by atoms with Gasteiger partial charge in [-0.3, -0.25) is 0 Å². The van der Waals surface area contributed by atoms with Crippen LogP contribution in [0.25, 0.3) is 87.4 Å².